The van der Waals surface area contributed by atoms with Gasteiger partial charge in [-0.05, 0) is 32.8 Å². The number of halogens is 3. The summed E-state index contributed by atoms with van der Waals surface area (Å²) in [5.41, 5.74) is -1.53. The van der Waals surface area contributed by atoms with Crippen molar-refractivity contribution in [1.29, 1.82) is 5.26 Å². The van der Waals surface area contributed by atoms with Crippen molar-refractivity contribution in [2.45, 2.75) is 40.3 Å². The standard InChI is InChI=1S/C10H14F3N/c1-5-8(9(3,4)6-14)7(2)10(11,12)13/h5H2,1-4H3/b8-7-. The number of nitriles is 1. The maximum atomic E-state index is 12.4. The van der Waals surface area contributed by atoms with Gasteiger partial charge in [0, 0.05) is 5.57 Å². The van der Waals surface area contributed by atoms with Crippen LogP contribution < -0.4 is 0 Å². The highest BCUT2D eigenvalue weighted by molar-refractivity contribution is 5.28. The number of allylic oxidation sites excluding steroid dienone is 2. The molecule has 0 amide bonds. The van der Waals surface area contributed by atoms with Crippen molar-refractivity contribution < 1.29 is 13.2 Å². The summed E-state index contributed by atoms with van der Waals surface area (Å²) in [6.07, 6.45) is -4.09. The Morgan fingerprint density at radius 1 is 1.29 bits per heavy atom. The molecule has 4 heteroatoms. The molecule has 0 heterocycles. The second kappa shape index (κ2) is 4.04. The Bertz CT molecular complexity index is 279. The van der Waals surface area contributed by atoms with E-state index in [1.54, 1.807) is 6.92 Å². The Morgan fingerprint density at radius 2 is 1.71 bits per heavy atom. The summed E-state index contributed by atoms with van der Waals surface area (Å²) in [4.78, 5) is 0. The zero-order valence-corrected chi connectivity index (χ0v) is 8.79. The lowest BCUT2D eigenvalue weighted by molar-refractivity contribution is -0.0929. The molecule has 0 aliphatic heterocycles. The molecule has 80 valence electrons. The summed E-state index contributed by atoms with van der Waals surface area (Å²) in [6.45, 7) is 5.66. The first-order valence-electron chi connectivity index (χ1n) is 4.35. The third kappa shape index (κ3) is 2.76. The van der Waals surface area contributed by atoms with Gasteiger partial charge in [0.15, 0.2) is 0 Å². The van der Waals surface area contributed by atoms with Gasteiger partial charge < -0.3 is 0 Å². The smallest absolute Gasteiger partial charge is 0.197 e. The van der Waals surface area contributed by atoms with Crippen LogP contribution >= 0.6 is 0 Å². The molecule has 0 aliphatic carbocycles. The van der Waals surface area contributed by atoms with E-state index in [-0.39, 0.29) is 12.0 Å². The Labute approximate surface area is 82.2 Å². The largest absolute Gasteiger partial charge is 0.412 e. The van der Waals surface area contributed by atoms with Crippen molar-refractivity contribution in [3.8, 4) is 6.07 Å². The lowest BCUT2D eigenvalue weighted by Crippen LogP contribution is -2.20. The zero-order valence-electron chi connectivity index (χ0n) is 8.79. The number of alkyl halides is 3. The predicted octanol–water partition coefficient (Wildman–Crippen LogP) is 3.82. The summed E-state index contributed by atoms with van der Waals surface area (Å²) in [6, 6.07) is 1.89. The van der Waals surface area contributed by atoms with Gasteiger partial charge in [0.1, 0.15) is 0 Å². The van der Waals surface area contributed by atoms with Crippen LogP contribution in [-0.2, 0) is 0 Å². The van der Waals surface area contributed by atoms with Gasteiger partial charge in [-0.2, -0.15) is 18.4 Å². The van der Waals surface area contributed by atoms with Crippen LogP contribution in [-0.4, -0.2) is 6.18 Å². The van der Waals surface area contributed by atoms with Crippen molar-refractivity contribution in [3.63, 3.8) is 0 Å². The molecule has 0 saturated heterocycles. The van der Waals surface area contributed by atoms with Crippen LogP contribution in [0.4, 0.5) is 13.2 Å². The minimum absolute atomic E-state index is 0.160. The topological polar surface area (TPSA) is 23.8 Å². The number of rotatable bonds is 2. The molecule has 0 rings (SSSR count). The molecule has 0 bridgehead atoms. The van der Waals surface area contributed by atoms with Crippen LogP contribution in [0.25, 0.3) is 0 Å². The molecule has 0 fully saturated rings. The Hall–Kier alpha value is -0.980. The number of nitrogens with zero attached hydrogens (tertiary/aromatic N) is 1. The fourth-order valence-electron chi connectivity index (χ4n) is 1.41. The SMILES string of the molecule is CC/C(=C(\C)C(F)(F)F)C(C)(C)C#N. The van der Waals surface area contributed by atoms with E-state index in [0.717, 1.165) is 6.92 Å². The summed E-state index contributed by atoms with van der Waals surface area (Å²) < 4.78 is 37.2. The third-order valence-electron chi connectivity index (χ3n) is 2.27. The fraction of sp³-hybridized carbons (Fsp3) is 0.700. The van der Waals surface area contributed by atoms with Crippen LogP contribution in [0.15, 0.2) is 11.1 Å². The van der Waals surface area contributed by atoms with E-state index >= 15 is 0 Å². The predicted molar refractivity (Wildman–Crippen MR) is 48.4 cm³/mol. The number of hydrogen-bond acceptors (Lipinski definition) is 1. The van der Waals surface area contributed by atoms with Gasteiger partial charge in [-0.1, -0.05) is 6.92 Å². The molecular formula is C10H14F3N. The molecular weight excluding hydrogens is 191 g/mol. The molecule has 0 radical (unpaired) electrons. The second-order valence-electron chi connectivity index (χ2n) is 3.69. The minimum Gasteiger partial charge on any atom is -0.197 e. The van der Waals surface area contributed by atoms with Crippen LogP contribution in [0.2, 0.25) is 0 Å². The van der Waals surface area contributed by atoms with Crippen molar-refractivity contribution in [1.82, 2.24) is 0 Å². The Kier molecular flexibility index (Phi) is 3.75. The highest BCUT2D eigenvalue weighted by Gasteiger charge is 2.36. The molecule has 0 N–H and O–H groups in total. The third-order valence-corrected chi connectivity index (χ3v) is 2.27. The van der Waals surface area contributed by atoms with E-state index in [9.17, 15) is 13.2 Å². The van der Waals surface area contributed by atoms with Gasteiger partial charge in [-0.3, -0.25) is 0 Å². The molecule has 0 aromatic heterocycles. The minimum atomic E-state index is -4.33. The quantitative estimate of drug-likeness (QED) is 0.628. The lowest BCUT2D eigenvalue weighted by atomic mass is 9.81. The second-order valence-corrected chi connectivity index (χ2v) is 3.69. The van der Waals surface area contributed by atoms with Gasteiger partial charge in [0.2, 0.25) is 0 Å². The van der Waals surface area contributed by atoms with E-state index in [1.165, 1.54) is 13.8 Å². The van der Waals surface area contributed by atoms with E-state index in [4.69, 9.17) is 5.26 Å². The van der Waals surface area contributed by atoms with E-state index in [2.05, 4.69) is 0 Å². The van der Waals surface area contributed by atoms with E-state index in [1.807, 2.05) is 6.07 Å². The van der Waals surface area contributed by atoms with Crippen molar-refractivity contribution in [2.75, 3.05) is 0 Å². The van der Waals surface area contributed by atoms with E-state index in [0.29, 0.717) is 0 Å². The van der Waals surface area contributed by atoms with Crippen molar-refractivity contribution >= 4 is 0 Å². The summed E-state index contributed by atoms with van der Waals surface area (Å²) >= 11 is 0. The molecule has 0 saturated carbocycles. The van der Waals surface area contributed by atoms with Crippen molar-refractivity contribution in [2.24, 2.45) is 5.41 Å². The van der Waals surface area contributed by atoms with Crippen LogP contribution in [0.1, 0.15) is 34.1 Å². The zero-order chi connectivity index (χ0) is 11.6. The molecule has 0 unspecified atom stereocenters. The fourth-order valence-corrected chi connectivity index (χ4v) is 1.41. The summed E-state index contributed by atoms with van der Waals surface area (Å²) in [7, 11) is 0. The first-order valence-corrected chi connectivity index (χ1v) is 4.35. The van der Waals surface area contributed by atoms with Crippen molar-refractivity contribution in [3.05, 3.63) is 11.1 Å². The molecule has 0 spiro atoms. The Morgan fingerprint density at radius 3 is 1.93 bits per heavy atom. The molecule has 1 nitrogen and oxygen atoms in total. The first kappa shape index (κ1) is 13.0. The highest BCUT2D eigenvalue weighted by Crippen LogP contribution is 2.37. The van der Waals surface area contributed by atoms with Crippen LogP contribution in [0.3, 0.4) is 0 Å². The van der Waals surface area contributed by atoms with Gasteiger partial charge in [-0.25, -0.2) is 0 Å². The van der Waals surface area contributed by atoms with Gasteiger partial charge in [0.05, 0.1) is 11.5 Å². The first-order chi connectivity index (χ1) is 6.16. The molecule has 0 aromatic carbocycles. The normalized spacial score (nSPS) is 14.7. The van der Waals surface area contributed by atoms with Crippen LogP contribution in [0.5, 0.6) is 0 Å². The molecule has 0 aliphatic rings. The van der Waals surface area contributed by atoms with Crippen LogP contribution in [0, 0.1) is 16.7 Å². The lowest BCUT2D eigenvalue weighted by Gasteiger charge is -2.23. The average molecular weight is 205 g/mol. The summed E-state index contributed by atoms with van der Waals surface area (Å²) in [5.74, 6) is 0. The van der Waals surface area contributed by atoms with Gasteiger partial charge in [0.25, 0.3) is 0 Å². The molecule has 0 aromatic rings. The maximum Gasteiger partial charge on any atom is 0.412 e. The molecule has 0 atom stereocenters. The maximum absolute atomic E-state index is 12.4. The van der Waals surface area contributed by atoms with Gasteiger partial charge in [-0.15, -0.1) is 0 Å². The summed E-state index contributed by atoms with van der Waals surface area (Å²) in [5, 5.41) is 8.76. The van der Waals surface area contributed by atoms with E-state index < -0.39 is 17.2 Å². The Balaban J connectivity index is 5.40. The average Bonchev–Trinajstić information content (AvgIpc) is 2.03. The monoisotopic (exact) mass is 205 g/mol. The van der Waals surface area contributed by atoms with Gasteiger partial charge >= 0.3 is 6.18 Å². The highest BCUT2D eigenvalue weighted by atomic mass is 19.4. The molecule has 14 heavy (non-hydrogen) atoms. The number of hydrogen-bond donors (Lipinski definition) is 0.